The molecule has 1 N–H and O–H groups in total. The van der Waals surface area contributed by atoms with E-state index in [2.05, 4.69) is 39.8 Å². The molecule has 1 heterocycles. The first-order valence-electron chi connectivity index (χ1n) is 5.53. The Kier molecular flexibility index (Phi) is 2.29. The molecule has 16 heavy (non-hydrogen) atoms. The van der Waals surface area contributed by atoms with Crippen molar-refractivity contribution >= 4 is 5.82 Å². The van der Waals surface area contributed by atoms with Gasteiger partial charge in [-0.2, -0.15) is 5.10 Å². The lowest BCUT2D eigenvalue weighted by atomic mass is 9.78. The van der Waals surface area contributed by atoms with Gasteiger partial charge in [0, 0.05) is 18.7 Å². The number of nitrogens with one attached hydrogen (secondary N) is 1. The number of benzene rings is 1. The Morgan fingerprint density at radius 2 is 2.12 bits per heavy atom. The SMILES string of the molecule is c1cnnc(NCC2Cc3ccccc32)c1. The van der Waals surface area contributed by atoms with Gasteiger partial charge in [-0.15, -0.1) is 5.10 Å². The minimum atomic E-state index is 0.623. The van der Waals surface area contributed by atoms with E-state index in [1.54, 1.807) is 6.20 Å². The van der Waals surface area contributed by atoms with E-state index in [-0.39, 0.29) is 0 Å². The third kappa shape index (κ3) is 1.65. The molecule has 0 aliphatic heterocycles. The second-order valence-electron chi connectivity index (χ2n) is 4.09. The molecule has 1 unspecified atom stereocenters. The first-order valence-corrected chi connectivity index (χ1v) is 5.53. The van der Waals surface area contributed by atoms with E-state index in [1.165, 1.54) is 17.5 Å². The van der Waals surface area contributed by atoms with Gasteiger partial charge in [0.25, 0.3) is 0 Å². The van der Waals surface area contributed by atoms with Crippen molar-refractivity contribution in [3.8, 4) is 0 Å². The molecule has 1 aromatic heterocycles. The molecule has 80 valence electrons. The molecule has 2 aromatic rings. The van der Waals surface area contributed by atoms with Crippen LogP contribution in [0.5, 0.6) is 0 Å². The quantitative estimate of drug-likeness (QED) is 0.846. The molecule has 0 spiro atoms. The molecule has 3 nitrogen and oxygen atoms in total. The highest BCUT2D eigenvalue weighted by Crippen LogP contribution is 2.34. The molecule has 1 aliphatic rings. The summed E-state index contributed by atoms with van der Waals surface area (Å²) in [7, 11) is 0. The maximum atomic E-state index is 4.00. The fourth-order valence-corrected chi connectivity index (χ4v) is 2.17. The van der Waals surface area contributed by atoms with Gasteiger partial charge < -0.3 is 5.32 Å². The van der Waals surface area contributed by atoms with Crippen molar-refractivity contribution in [2.24, 2.45) is 0 Å². The van der Waals surface area contributed by atoms with E-state index in [4.69, 9.17) is 0 Å². The van der Waals surface area contributed by atoms with Crippen LogP contribution in [0.25, 0.3) is 0 Å². The summed E-state index contributed by atoms with van der Waals surface area (Å²) in [6.45, 7) is 0.940. The van der Waals surface area contributed by atoms with Gasteiger partial charge in [-0.3, -0.25) is 0 Å². The topological polar surface area (TPSA) is 37.8 Å². The first kappa shape index (κ1) is 9.33. The summed E-state index contributed by atoms with van der Waals surface area (Å²) in [6, 6.07) is 12.5. The summed E-state index contributed by atoms with van der Waals surface area (Å²) in [6.07, 6.45) is 2.85. The molecule has 0 saturated heterocycles. The number of hydrogen-bond donors (Lipinski definition) is 1. The van der Waals surface area contributed by atoms with Gasteiger partial charge in [-0.05, 0) is 29.7 Å². The fraction of sp³-hybridized carbons (Fsp3) is 0.231. The maximum Gasteiger partial charge on any atom is 0.148 e. The molecule has 0 radical (unpaired) electrons. The number of rotatable bonds is 3. The molecule has 0 bridgehead atoms. The highest BCUT2D eigenvalue weighted by atomic mass is 15.2. The van der Waals surface area contributed by atoms with Crippen LogP contribution in [0.15, 0.2) is 42.6 Å². The van der Waals surface area contributed by atoms with Crippen LogP contribution < -0.4 is 5.32 Å². The van der Waals surface area contributed by atoms with Crippen LogP contribution in [-0.4, -0.2) is 16.7 Å². The van der Waals surface area contributed by atoms with Gasteiger partial charge in [0.2, 0.25) is 0 Å². The Morgan fingerprint density at radius 3 is 2.94 bits per heavy atom. The van der Waals surface area contributed by atoms with E-state index in [1.807, 2.05) is 12.1 Å². The minimum absolute atomic E-state index is 0.623. The molecule has 1 aromatic carbocycles. The van der Waals surface area contributed by atoms with Crippen molar-refractivity contribution in [1.82, 2.24) is 10.2 Å². The zero-order chi connectivity index (χ0) is 10.8. The average molecular weight is 211 g/mol. The molecular weight excluding hydrogens is 198 g/mol. The number of nitrogens with zero attached hydrogens (tertiary/aromatic N) is 2. The Hall–Kier alpha value is -1.90. The van der Waals surface area contributed by atoms with Crippen molar-refractivity contribution < 1.29 is 0 Å². The number of aromatic nitrogens is 2. The van der Waals surface area contributed by atoms with Gasteiger partial charge in [-0.1, -0.05) is 24.3 Å². The predicted octanol–water partition coefficient (Wildman–Crippen LogP) is 2.23. The van der Waals surface area contributed by atoms with Gasteiger partial charge in [0.15, 0.2) is 0 Å². The summed E-state index contributed by atoms with van der Waals surface area (Å²) in [5.41, 5.74) is 2.95. The zero-order valence-electron chi connectivity index (χ0n) is 8.93. The van der Waals surface area contributed by atoms with Gasteiger partial charge in [0.1, 0.15) is 5.82 Å². The summed E-state index contributed by atoms with van der Waals surface area (Å²) < 4.78 is 0. The summed E-state index contributed by atoms with van der Waals surface area (Å²) in [4.78, 5) is 0. The molecule has 0 amide bonds. The minimum Gasteiger partial charge on any atom is -0.368 e. The maximum absolute atomic E-state index is 4.00. The molecule has 1 aliphatic carbocycles. The molecule has 3 rings (SSSR count). The normalized spacial score (nSPS) is 17.4. The van der Waals surface area contributed by atoms with Gasteiger partial charge >= 0.3 is 0 Å². The van der Waals surface area contributed by atoms with Crippen molar-refractivity contribution in [3.63, 3.8) is 0 Å². The second kappa shape index (κ2) is 3.93. The Bertz CT molecular complexity index is 482. The fourth-order valence-electron chi connectivity index (χ4n) is 2.17. The first-order chi connectivity index (χ1) is 7.93. The van der Waals surface area contributed by atoms with Crippen molar-refractivity contribution in [2.75, 3.05) is 11.9 Å². The Balaban J connectivity index is 1.63. The van der Waals surface area contributed by atoms with E-state index >= 15 is 0 Å². The van der Waals surface area contributed by atoms with E-state index < -0.39 is 0 Å². The predicted molar refractivity (Wildman–Crippen MR) is 63.4 cm³/mol. The lowest BCUT2D eigenvalue weighted by Crippen LogP contribution is -2.24. The van der Waals surface area contributed by atoms with Crippen molar-refractivity contribution in [1.29, 1.82) is 0 Å². The van der Waals surface area contributed by atoms with Crippen LogP contribution in [0.1, 0.15) is 17.0 Å². The van der Waals surface area contributed by atoms with Crippen LogP contribution in [0.3, 0.4) is 0 Å². The average Bonchev–Trinajstić information content (AvgIpc) is 2.32. The largest absolute Gasteiger partial charge is 0.368 e. The molecular formula is C13H13N3. The highest BCUT2D eigenvalue weighted by molar-refractivity contribution is 5.42. The molecule has 0 fully saturated rings. The Labute approximate surface area is 94.5 Å². The van der Waals surface area contributed by atoms with Crippen LogP contribution in [-0.2, 0) is 6.42 Å². The zero-order valence-corrected chi connectivity index (χ0v) is 8.93. The molecule has 0 saturated carbocycles. The van der Waals surface area contributed by atoms with E-state index in [0.29, 0.717) is 5.92 Å². The van der Waals surface area contributed by atoms with Gasteiger partial charge in [0.05, 0.1) is 0 Å². The van der Waals surface area contributed by atoms with E-state index in [0.717, 1.165) is 12.4 Å². The monoisotopic (exact) mass is 211 g/mol. The van der Waals surface area contributed by atoms with Crippen LogP contribution in [0, 0.1) is 0 Å². The number of anilines is 1. The summed E-state index contributed by atoms with van der Waals surface area (Å²) >= 11 is 0. The number of hydrogen-bond acceptors (Lipinski definition) is 3. The van der Waals surface area contributed by atoms with Gasteiger partial charge in [-0.25, -0.2) is 0 Å². The third-order valence-corrected chi connectivity index (χ3v) is 3.06. The van der Waals surface area contributed by atoms with Crippen molar-refractivity contribution in [2.45, 2.75) is 12.3 Å². The van der Waals surface area contributed by atoms with Crippen LogP contribution in [0.2, 0.25) is 0 Å². The summed E-state index contributed by atoms with van der Waals surface area (Å²) in [5, 5.41) is 11.2. The molecule has 3 heteroatoms. The lowest BCUT2D eigenvalue weighted by molar-refractivity contribution is 0.634. The van der Waals surface area contributed by atoms with E-state index in [9.17, 15) is 0 Å². The lowest BCUT2D eigenvalue weighted by Gasteiger charge is -2.30. The standard InChI is InChI=1S/C13H13N3/c1-2-5-12-10(4-1)8-11(12)9-14-13-6-3-7-15-16-13/h1-7,11H,8-9H2,(H,14,16). The molecule has 1 atom stereocenters. The van der Waals surface area contributed by atoms with Crippen LogP contribution >= 0.6 is 0 Å². The van der Waals surface area contributed by atoms with Crippen LogP contribution in [0.4, 0.5) is 5.82 Å². The second-order valence-corrected chi connectivity index (χ2v) is 4.09. The summed E-state index contributed by atoms with van der Waals surface area (Å²) in [5.74, 6) is 1.48. The highest BCUT2D eigenvalue weighted by Gasteiger charge is 2.24. The van der Waals surface area contributed by atoms with Crippen molar-refractivity contribution in [3.05, 3.63) is 53.7 Å². The number of fused-ring (bicyclic) bond motifs is 1. The smallest absolute Gasteiger partial charge is 0.148 e. The third-order valence-electron chi connectivity index (χ3n) is 3.06. The Morgan fingerprint density at radius 1 is 1.19 bits per heavy atom.